The van der Waals surface area contributed by atoms with Crippen LogP contribution in [0.4, 0.5) is 4.79 Å². The molecule has 146 valence electrons. The summed E-state index contributed by atoms with van der Waals surface area (Å²) in [6.45, 7) is 12.5. The van der Waals surface area contributed by atoms with Crippen LogP contribution in [0.2, 0.25) is 0 Å². The van der Waals surface area contributed by atoms with Crippen LogP contribution in [-0.4, -0.2) is 55.9 Å². The van der Waals surface area contributed by atoms with Gasteiger partial charge in [-0.15, -0.1) is 0 Å². The number of hydrogen-bond donors (Lipinski definition) is 3. The number of ether oxygens (including phenoxy) is 2. The van der Waals surface area contributed by atoms with Gasteiger partial charge >= 0.3 is 12.1 Å². The van der Waals surface area contributed by atoms with Gasteiger partial charge in [0, 0.05) is 26.6 Å². The highest BCUT2D eigenvalue weighted by Gasteiger charge is 2.24. The van der Waals surface area contributed by atoms with Gasteiger partial charge in [0.15, 0.2) is 5.96 Å². The second kappa shape index (κ2) is 10.8. The lowest BCUT2D eigenvalue weighted by Gasteiger charge is -2.29. The number of aliphatic imine (C=N–C) groups is 1. The highest BCUT2D eigenvalue weighted by atomic mass is 16.6. The average Bonchev–Trinajstić information content (AvgIpc) is 2.44. The molecule has 8 heteroatoms. The molecule has 0 radical (unpaired) electrons. The van der Waals surface area contributed by atoms with Gasteiger partial charge in [0.25, 0.3) is 0 Å². The van der Waals surface area contributed by atoms with Crippen LogP contribution in [0.25, 0.3) is 0 Å². The van der Waals surface area contributed by atoms with Crippen molar-refractivity contribution in [1.82, 2.24) is 16.0 Å². The van der Waals surface area contributed by atoms with Gasteiger partial charge in [-0.25, -0.2) is 4.79 Å². The van der Waals surface area contributed by atoms with E-state index in [4.69, 9.17) is 9.47 Å². The monoisotopic (exact) mass is 358 g/mol. The number of esters is 1. The standard InChI is InChI=1S/C17H34N4O4/c1-8-24-13(22)10-9-11-19-14(18-7)20-12-17(5,6)21-15(23)25-16(2,3)4/h8-12H2,1-7H3,(H,21,23)(H2,18,19,20). The molecule has 0 aliphatic heterocycles. The molecule has 0 heterocycles. The molecule has 0 spiro atoms. The zero-order chi connectivity index (χ0) is 19.5. The summed E-state index contributed by atoms with van der Waals surface area (Å²) in [5.74, 6) is 0.401. The van der Waals surface area contributed by atoms with E-state index in [0.717, 1.165) is 0 Å². The Hall–Kier alpha value is -1.99. The predicted molar refractivity (Wildman–Crippen MR) is 98.7 cm³/mol. The molecule has 0 bridgehead atoms. The first-order valence-electron chi connectivity index (χ1n) is 8.60. The SMILES string of the molecule is CCOC(=O)CCCNC(=NC)NCC(C)(C)NC(=O)OC(C)(C)C. The maximum absolute atomic E-state index is 11.9. The smallest absolute Gasteiger partial charge is 0.408 e. The molecule has 0 saturated heterocycles. The van der Waals surface area contributed by atoms with Gasteiger partial charge in [0.1, 0.15) is 5.60 Å². The molecule has 0 unspecified atom stereocenters. The van der Waals surface area contributed by atoms with Crippen molar-refractivity contribution in [2.24, 2.45) is 4.99 Å². The molecule has 0 atom stereocenters. The summed E-state index contributed by atoms with van der Waals surface area (Å²) in [4.78, 5) is 27.3. The number of carbonyl (C=O) groups is 2. The summed E-state index contributed by atoms with van der Waals surface area (Å²) in [6.07, 6.45) is 0.555. The quantitative estimate of drug-likeness (QED) is 0.265. The lowest BCUT2D eigenvalue weighted by atomic mass is 10.1. The minimum absolute atomic E-state index is 0.199. The van der Waals surface area contributed by atoms with E-state index in [9.17, 15) is 9.59 Å². The minimum Gasteiger partial charge on any atom is -0.466 e. The second-order valence-electron chi connectivity index (χ2n) is 7.27. The number of nitrogens with one attached hydrogen (secondary N) is 3. The van der Waals surface area contributed by atoms with Crippen molar-refractivity contribution in [3.8, 4) is 0 Å². The molecule has 0 aliphatic carbocycles. The van der Waals surface area contributed by atoms with Crippen LogP contribution >= 0.6 is 0 Å². The summed E-state index contributed by atoms with van der Waals surface area (Å²) in [7, 11) is 1.66. The highest BCUT2D eigenvalue weighted by Crippen LogP contribution is 2.09. The third kappa shape index (κ3) is 13.0. The molecule has 0 rings (SSSR count). The Morgan fingerprint density at radius 3 is 2.24 bits per heavy atom. The van der Waals surface area contributed by atoms with Crippen LogP contribution in [0.1, 0.15) is 54.4 Å². The van der Waals surface area contributed by atoms with Gasteiger partial charge in [-0.3, -0.25) is 9.79 Å². The molecule has 0 saturated carbocycles. The normalized spacial score (nSPS) is 12.4. The molecule has 8 nitrogen and oxygen atoms in total. The molecular formula is C17H34N4O4. The number of rotatable bonds is 8. The van der Waals surface area contributed by atoms with Crippen LogP contribution in [0, 0.1) is 0 Å². The van der Waals surface area contributed by atoms with Crippen molar-refractivity contribution in [2.45, 2.75) is 65.5 Å². The molecular weight excluding hydrogens is 324 g/mol. The van der Waals surface area contributed by atoms with Crippen LogP contribution < -0.4 is 16.0 Å². The van der Waals surface area contributed by atoms with Crippen molar-refractivity contribution in [2.75, 3.05) is 26.7 Å². The second-order valence-corrected chi connectivity index (χ2v) is 7.27. The van der Waals surface area contributed by atoms with Gasteiger partial charge in [-0.2, -0.15) is 0 Å². The highest BCUT2D eigenvalue weighted by molar-refractivity contribution is 5.80. The fraction of sp³-hybridized carbons (Fsp3) is 0.824. The fourth-order valence-corrected chi connectivity index (χ4v) is 1.82. The van der Waals surface area contributed by atoms with E-state index in [0.29, 0.717) is 38.5 Å². The zero-order valence-electron chi connectivity index (χ0n) is 16.6. The third-order valence-corrected chi connectivity index (χ3v) is 2.92. The fourth-order valence-electron chi connectivity index (χ4n) is 1.82. The maximum Gasteiger partial charge on any atom is 0.408 e. The van der Waals surface area contributed by atoms with Crippen LogP contribution in [0.5, 0.6) is 0 Å². The first kappa shape index (κ1) is 23.0. The Labute approximate surface area is 151 Å². The molecule has 3 N–H and O–H groups in total. The van der Waals surface area contributed by atoms with E-state index in [1.54, 1.807) is 14.0 Å². The third-order valence-electron chi connectivity index (χ3n) is 2.92. The summed E-state index contributed by atoms with van der Waals surface area (Å²) in [5, 5.41) is 9.08. The molecule has 25 heavy (non-hydrogen) atoms. The van der Waals surface area contributed by atoms with Crippen molar-refractivity contribution < 1.29 is 19.1 Å². The lowest BCUT2D eigenvalue weighted by Crippen LogP contribution is -2.54. The number of hydrogen-bond acceptors (Lipinski definition) is 5. The summed E-state index contributed by atoms with van der Waals surface area (Å²) >= 11 is 0. The zero-order valence-corrected chi connectivity index (χ0v) is 16.6. The van der Waals surface area contributed by atoms with Crippen molar-refractivity contribution in [1.29, 1.82) is 0 Å². The number of alkyl carbamates (subject to hydrolysis) is 1. The topological polar surface area (TPSA) is 101 Å². The Kier molecular flexibility index (Phi) is 9.93. The average molecular weight is 358 g/mol. The van der Waals surface area contributed by atoms with Gasteiger partial charge in [-0.05, 0) is 48.0 Å². The largest absolute Gasteiger partial charge is 0.466 e. The Morgan fingerprint density at radius 2 is 1.72 bits per heavy atom. The lowest BCUT2D eigenvalue weighted by molar-refractivity contribution is -0.143. The van der Waals surface area contributed by atoms with E-state index >= 15 is 0 Å². The van der Waals surface area contributed by atoms with Crippen molar-refractivity contribution >= 4 is 18.0 Å². The summed E-state index contributed by atoms with van der Waals surface area (Å²) in [5.41, 5.74) is -1.06. The van der Waals surface area contributed by atoms with Crippen molar-refractivity contribution in [3.63, 3.8) is 0 Å². The van der Waals surface area contributed by atoms with E-state index in [2.05, 4.69) is 20.9 Å². The number of amides is 1. The van der Waals surface area contributed by atoms with Crippen LogP contribution in [0.3, 0.4) is 0 Å². The van der Waals surface area contributed by atoms with E-state index in [-0.39, 0.29) is 5.97 Å². The maximum atomic E-state index is 11.9. The molecule has 1 amide bonds. The molecule has 0 aromatic carbocycles. The minimum atomic E-state index is -0.538. The van der Waals surface area contributed by atoms with Gasteiger partial charge in [0.05, 0.1) is 12.1 Å². The van der Waals surface area contributed by atoms with Crippen LogP contribution in [0.15, 0.2) is 4.99 Å². The Balaban J connectivity index is 4.19. The van der Waals surface area contributed by atoms with Gasteiger partial charge < -0.3 is 25.4 Å². The summed E-state index contributed by atoms with van der Waals surface area (Å²) in [6, 6.07) is 0. The summed E-state index contributed by atoms with van der Waals surface area (Å²) < 4.78 is 10.1. The van der Waals surface area contributed by atoms with Crippen LogP contribution in [-0.2, 0) is 14.3 Å². The molecule has 0 fully saturated rings. The number of guanidine groups is 1. The molecule has 0 aliphatic rings. The molecule has 0 aromatic rings. The van der Waals surface area contributed by atoms with Gasteiger partial charge in [-0.1, -0.05) is 0 Å². The first-order valence-corrected chi connectivity index (χ1v) is 8.60. The number of carbonyl (C=O) groups excluding carboxylic acids is 2. The van der Waals surface area contributed by atoms with E-state index in [1.165, 1.54) is 0 Å². The Bertz CT molecular complexity index is 456. The van der Waals surface area contributed by atoms with E-state index < -0.39 is 17.2 Å². The number of nitrogens with zero attached hydrogens (tertiary/aromatic N) is 1. The first-order chi connectivity index (χ1) is 11.5. The van der Waals surface area contributed by atoms with Gasteiger partial charge in [0.2, 0.25) is 0 Å². The Morgan fingerprint density at radius 1 is 1.08 bits per heavy atom. The predicted octanol–water partition coefficient (Wildman–Crippen LogP) is 1.80. The molecule has 0 aromatic heterocycles. The van der Waals surface area contributed by atoms with E-state index in [1.807, 2.05) is 34.6 Å². The van der Waals surface area contributed by atoms with Crippen molar-refractivity contribution in [3.05, 3.63) is 0 Å².